The van der Waals surface area contributed by atoms with E-state index in [2.05, 4.69) is 12.2 Å². The van der Waals surface area contributed by atoms with Crippen molar-refractivity contribution in [2.24, 2.45) is 17.6 Å². The van der Waals surface area contributed by atoms with Crippen LogP contribution in [-0.4, -0.2) is 11.8 Å². The summed E-state index contributed by atoms with van der Waals surface area (Å²) >= 11 is 0. The molecule has 1 aromatic rings. The highest BCUT2D eigenvalue weighted by Gasteiger charge is 2.25. The van der Waals surface area contributed by atoms with Crippen LogP contribution in [0.3, 0.4) is 0 Å². The Balaban J connectivity index is 1.79. The van der Waals surface area contributed by atoms with E-state index in [9.17, 15) is 9.59 Å². The molecule has 0 spiro atoms. The molecule has 0 saturated heterocycles. The molecule has 4 heteroatoms. The Morgan fingerprint density at radius 2 is 1.78 bits per heavy atom. The highest BCUT2D eigenvalue weighted by atomic mass is 16.2. The first-order valence-electron chi connectivity index (χ1n) is 8.76. The number of benzene rings is 1. The molecule has 1 aliphatic carbocycles. The molecule has 1 aliphatic rings. The number of nitrogens with one attached hydrogen (secondary N) is 1. The van der Waals surface area contributed by atoms with Crippen LogP contribution in [0.25, 0.3) is 0 Å². The zero-order chi connectivity index (χ0) is 16.7. The van der Waals surface area contributed by atoms with E-state index in [1.807, 2.05) is 24.3 Å². The van der Waals surface area contributed by atoms with Gasteiger partial charge in [0.05, 0.1) is 6.42 Å². The van der Waals surface area contributed by atoms with Crippen molar-refractivity contribution >= 4 is 17.5 Å². The van der Waals surface area contributed by atoms with Crippen LogP contribution in [-0.2, 0) is 16.0 Å². The molecular weight excluding hydrogens is 288 g/mol. The number of primary amides is 1. The van der Waals surface area contributed by atoms with E-state index in [0.29, 0.717) is 0 Å². The first-order valence-corrected chi connectivity index (χ1v) is 8.76. The number of hydrogen-bond donors (Lipinski definition) is 2. The van der Waals surface area contributed by atoms with Gasteiger partial charge in [-0.2, -0.15) is 0 Å². The lowest BCUT2D eigenvalue weighted by Crippen LogP contribution is -2.27. The van der Waals surface area contributed by atoms with Gasteiger partial charge in [-0.05, 0) is 49.3 Å². The minimum atomic E-state index is -0.346. The summed E-state index contributed by atoms with van der Waals surface area (Å²) in [6.07, 6.45) is 8.46. The van der Waals surface area contributed by atoms with E-state index in [1.54, 1.807) is 0 Å². The molecule has 1 saturated carbocycles. The minimum absolute atomic E-state index is 0.126. The molecule has 126 valence electrons. The number of carbonyl (C=O) groups excluding carboxylic acids is 2. The predicted octanol–water partition coefficient (Wildman–Crippen LogP) is 3.65. The molecule has 4 nitrogen and oxygen atoms in total. The Labute approximate surface area is 138 Å². The molecule has 23 heavy (non-hydrogen) atoms. The van der Waals surface area contributed by atoms with Gasteiger partial charge in [0.1, 0.15) is 0 Å². The van der Waals surface area contributed by atoms with E-state index < -0.39 is 0 Å². The number of hydrogen-bond acceptors (Lipinski definition) is 2. The summed E-state index contributed by atoms with van der Waals surface area (Å²) < 4.78 is 0. The van der Waals surface area contributed by atoms with Crippen molar-refractivity contribution in [1.29, 1.82) is 0 Å². The lowest BCUT2D eigenvalue weighted by molar-refractivity contribution is -0.121. The van der Waals surface area contributed by atoms with Crippen molar-refractivity contribution in [3.8, 4) is 0 Å². The Bertz CT molecular complexity index is 517. The minimum Gasteiger partial charge on any atom is -0.369 e. The standard InChI is InChI=1S/C19H28N2O2/c1-2-3-4-14-5-9-16(10-6-14)19(23)21-17-11-7-15(8-12-17)13-18(20)22/h7-8,11-12,14,16H,2-6,9-10,13H2,1H3,(H2,20,22)(H,21,23). The third-order valence-corrected chi connectivity index (χ3v) is 4.78. The predicted molar refractivity (Wildman–Crippen MR) is 92.9 cm³/mol. The lowest BCUT2D eigenvalue weighted by atomic mass is 9.79. The SMILES string of the molecule is CCCCC1CCC(C(=O)Nc2ccc(CC(N)=O)cc2)CC1. The largest absolute Gasteiger partial charge is 0.369 e. The molecule has 0 atom stereocenters. The van der Waals surface area contributed by atoms with Gasteiger partial charge >= 0.3 is 0 Å². The summed E-state index contributed by atoms with van der Waals surface area (Å²) in [5.74, 6) is 0.730. The number of anilines is 1. The molecule has 1 aromatic carbocycles. The van der Waals surface area contributed by atoms with Crippen LogP contribution in [0, 0.1) is 11.8 Å². The van der Waals surface area contributed by atoms with E-state index in [4.69, 9.17) is 5.73 Å². The van der Waals surface area contributed by atoms with Crippen LogP contribution in [0.5, 0.6) is 0 Å². The van der Waals surface area contributed by atoms with Crippen molar-refractivity contribution < 1.29 is 9.59 Å². The van der Waals surface area contributed by atoms with E-state index in [-0.39, 0.29) is 24.2 Å². The molecule has 0 heterocycles. The van der Waals surface area contributed by atoms with Crippen LogP contribution in [0.15, 0.2) is 24.3 Å². The van der Waals surface area contributed by atoms with Crippen molar-refractivity contribution in [2.45, 2.75) is 58.3 Å². The second kappa shape index (κ2) is 8.70. The third kappa shape index (κ3) is 5.70. The molecular formula is C19H28N2O2. The van der Waals surface area contributed by atoms with Crippen molar-refractivity contribution in [1.82, 2.24) is 0 Å². The summed E-state index contributed by atoms with van der Waals surface area (Å²) in [6.45, 7) is 2.23. The molecule has 1 fully saturated rings. The van der Waals surface area contributed by atoms with E-state index in [1.165, 1.54) is 32.1 Å². The average Bonchev–Trinajstić information content (AvgIpc) is 2.54. The van der Waals surface area contributed by atoms with Gasteiger partial charge in [0.15, 0.2) is 0 Å². The maximum absolute atomic E-state index is 12.4. The van der Waals surface area contributed by atoms with Crippen molar-refractivity contribution in [3.05, 3.63) is 29.8 Å². The van der Waals surface area contributed by atoms with E-state index >= 15 is 0 Å². The Hall–Kier alpha value is -1.84. The number of rotatable bonds is 7. The van der Waals surface area contributed by atoms with E-state index in [0.717, 1.165) is 30.0 Å². The molecule has 2 rings (SSSR count). The van der Waals surface area contributed by atoms with Gasteiger partial charge in [-0.3, -0.25) is 9.59 Å². The molecule has 2 amide bonds. The smallest absolute Gasteiger partial charge is 0.227 e. The fourth-order valence-corrected chi connectivity index (χ4v) is 3.36. The molecule has 0 unspecified atom stereocenters. The van der Waals surface area contributed by atoms with Gasteiger partial charge in [0.25, 0.3) is 0 Å². The number of amides is 2. The van der Waals surface area contributed by atoms with Gasteiger partial charge in [0.2, 0.25) is 11.8 Å². The summed E-state index contributed by atoms with van der Waals surface area (Å²) in [5.41, 5.74) is 6.83. The number of unbranched alkanes of at least 4 members (excludes halogenated alkanes) is 1. The maximum Gasteiger partial charge on any atom is 0.227 e. The van der Waals surface area contributed by atoms with Crippen LogP contribution in [0.2, 0.25) is 0 Å². The molecule has 0 aromatic heterocycles. The summed E-state index contributed by atoms with van der Waals surface area (Å²) in [7, 11) is 0. The molecule has 3 N–H and O–H groups in total. The lowest BCUT2D eigenvalue weighted by Gasteiger charge is -2.27. The third-order valence-electron chi connectivity index (χ3n) is 4.78. The number of nitrogens with two attached hydrogens (primary N) is 1. The highest BCUT2D eigenvalue weighted by Crippen LogP contribution is 2.32. The summed E-state index contributed by atoms with van der Waals surface area (Å²) in [6, 6.07) is 7.34. The van der Waals surface area contributed by atoms with Crippen LogP contribution in [0.1, 0.15) is 57.4 Å². The molecule has 0 bridgehead atoms. The van der Waals surface area contributed by atoms with Gasteiger partial charge in [-0.25, -0.2) is 0 Å². The zero-order valence-corrected chi connectivity index (χ0v) is 14.0. The fraction of sp³-hybridized carbons (Fsp3) is 0.579. The van der Waals surface area contributed by atoms with Crippen molar-refractivity contribution in [3.63, 3.8) is 0 Å². The Morgan fingerprint density at radius 3 is 2.35 bits per heavy atom. The zero-order valence-electron chi connectivity index (χ0n) is 14.0. The first kappa shape index (κ1) is 17.5. The quantitative estimate of drug-likeness (QED) is 0.806. The average molecular weight is 316 g/mol. The topological polar surface area (TPSA) is 72.2 Å². The Kier molecular flexibility index (Phi) is 6.63. The van der Waals surface area contributed by atoms with Crippen molar-refractivity contribution in [2.75, 3.05) is 5.32 Å². The highest BCUT2D eigenvalue weighted by molar-refractivity contribution is 5.92. The monoisotopic (exact) mass is 316 g/mol. The summed E-state index contributed by atoms with van der Waals surface area (Å²) in [4.78, 5) is 23.2. The van der Waals surface area contributed by atoms with Gasteiger partial charge < -0.3 is 11.1 Å². The van der Waals surface area contributed by atoms with Gasteiger partial charge in [-0.15, -0.1) is 0 Å². The number of carbonyl (C=O) groups is 2. The van der Waals surface area contributed by atoms with Gasteiger partial charge in [0, 0.05) is 11.6 Å². The van der Waals surface area contributed by atoms with Crippen LogP contribution in [0.4, 0.5) is 5.69 Å². The molecule has 0 aliphatic heterocycles. The Morgan fingerprint density at radius 1 is 1.13 bits per heavy atom. The molecule has 0 radical (unpaired) electrons. The van der Waals surface area contributed by atoms with Gasteiger partial charge in [-0.1, -0.05) is 38.3 Å². The second-order valence-electron chi connectivity index (χ2n) is 6.69. The van der Waals surface area contributed by atoms with Crippen LogP contribution >= 0.6 is 0 Å². The second-order valence-corrected chi connectivity index (χ2v) is 6.69. The normalized spacial score (nSPS) is 20.9. The van der Waals surface area contributed by atoms with Crippen LogP contribution < -0.4 is 11.1 Å². The maximum atomic E-state index is 12.4. The fourth-order valence-electron chi connectivity index (χ4n) is 3.36. The summed E-state index contributed by atoms with van der Waals surface area (Å²) in [5, 5.41) is 3.00. The first-order chi connectivity index (χ1) is 11.1.